The predicted molar refractivity (Wildman–Crippen MR) is 116 cm³/mol. The van der Waals surface area contributed by atoms with Crippen LogP contribution in [0.15, 0.2) is 55.1 Å². The van der Waals surface area contributed by atoms with Gasteiger partial charge >= 0.3 is 6.18 Å². The van der Waals surface area contributed by atoms with Crippen molar-refractivity contribution in [3.8, 4) is 11.1 Å². The molecule has 1 aliphatic heterocycles. The molecule has 3 heterocycles. The van der Waals surface area contributed by atoms with Crippen LogP contribution in [0, 0.1) is 0 Å². The molecule has 1 amide bonds. The Bertz CT molecular complexity index is 1170. The molecule has 0 unspecified atom stereocenters. The molecule has 0 aliphatic carbocycles. The van der Waals surface area contributed by atoms with E-state index in [0.717, 1.165) is 27.3 Å². The van der Waals surface area contributed by atoms with Crippen LogP contribution in [-0.2, 0) is 18.3 Å². The van der Waals surface area contributed by atoms with Gasteiger partial charge in [0.15, 0.2) is 0 Å². The normalized spacial score (nSPS) is 13.6. The van der Waals surface area contributed by atoms with E-state index in [1.54, 1.807) is 47.5 Å². The average molecular weight is 442 g/mol. The highest BCUT2D eigenvalue weighted by Gasteiger charge is 2.33. The number of amides is 1. The maximum atomic E-state index is 12.7. The van der Waals surface area contributed by atoms with E-state index < -0.39 is 18.6 Å². The number of pyridine rings is 1. The van der Waals surface area contributed by atoms with Gasteiger partial charge in [0.05, 0.1) is 11.9 Å². The van der Waals surface area contributed by atoms with E-state index in [9.17, 15) is 18.0 Å². The Morgan fingerprint density at radius 1 is 1.28 bits per heavy atom. The molecule has 2 aromatic heterocycles. The van der Waals surface area contributed by atoms with Crippen LogP contribution in [0.4, 0.5) is 24.5 Å². The lowest BCUT2D eigenvalue weighted by atomic mass is 10.0. The lowest BCUT2D eigenvalue weighted by Crippen LogP contribution is -2.36. The molecule has 4 rings (SSSR count). The van der Waals surface area contributed by atoms with E-state index in [-0.39, 0.29) is 6.54 Å². The molecule has 0 saturated carbocycles. The van der Waals surface area contributed by atoms with E-state index in [1.807, 2.05) is 19.3 Å². The zero-order valence-electron chi connectivity index (χ0n) is 17.3. The third kappa shape index (κ3) is 4.65. The largest absolute Gasteiger partial charge is 0.405 e. The molecule has 10 heteroatoms. The highest BCUT2D eigenvalue weighted by Crippen LogP contribution is 2.33. The highest BCUT2D eigenvalue weighted by atomic mass is 19.4. The van der Waals surface area contributed by atoms with Gasteiger partial charge in [-0.3, -0.25) is 14.5 Å². The number of aromatic nitrogens is 3. The van der Waals surface area contributed by atoms with Crippen molar-refractivity contribution in [1.82, 2.24) is 14.8 Å². The van der Waals surface area contributed by atoms with Crippen molar-refractivity contribution >= 4 is 23.4 Å². The van der Waals surface area contributed by atoms with Gasteiger partial charge in [-0.1, -0.05) is 0 Å². The minimum atomic E-state index is -4.28. The number of nitrogens with two attached hydrogens (primary N) is 1. The Morgan fingerprint density at radius 2 is 2.09 bits per heavy atom. The lowest BCUT2D eigenvalue weighted by molar-refractivity contribution is -0.119. The number of carbonyl (C=O) groups excluding carboxylic acids is 1. The molecule has 0 radical (unpaired) electrons. The van der Waals surface area contributed by atoms with Crippen LogP contribution in [0.5, 0.6) is 0 Å². The molecule has 3 aromatic rings. The van der Waals surface area contributed by atoms with Gasteiger partial charge in [-0.25, -0.2) is 10.9 Å². The van der Waals surface area contributed by atoms with Crippen LogP contribution in [0.2, 0.25) is 0 Å². The van der Waals surface area contributed by atoms with E-state index >= 15 is 0 Å². The standard InChI is InChI=1S/C22H21F3N6O/c1-29-13-17(12-28-29)19-6-8-27-11-16(19)2-5-21(32)31(26)18-3-4-20-15(10-18)7-9-30(20)14-22(23,24)25/h2-6,8,10-13H,7,9,14,26H2,1H3/b5-2+. The fourth-order valence-corrected chi connectivity index (χ4v) is 3.72. The number of halogens is 3. The predicted octanol–water partition coefficient (Wildman–Crippen LogP) is 3.33. The quantitative estimate of drug-likeness (QED) is 0.284. The fourth-order valence-electron chi connectivity index (χ4n) is 3.72. The van der Waals surface area contributed by atoms with Gasteiger partial charge in [-0.05, 0) is 47.9 Å². The monoisotopic (exact) mass is 442 g/mol. The number of rotatable bonds is 5. The van der Waals surface area contributed by atoms with Gasteiger partial charge in [0, 0.05) is 55.1 Å². The van der Waals surface area contributed by atoms with Crippen LogP contribution in [0.1, 0.15) is 11.1 Å². The Hall–Kier alpha value is -3.66. The molecule has 7 nitrogen and oxygen atoms in total. The molecule has 32 heavy (non-hydrogen) atoms. The number of hydrogen-bond acceptors (Lipinski definition) is 5. The second-order valence-electron chi connectivity index (χ2n) is 7.51. The maximum absolute atomic E-state index is 12.7. The number of hydrogen-bond donors (Lipinski definition) is 1. The second-order valence-corrected chi connectivity index (χ2v) is 7.51. The summed E-state index contributed by atoms with van der Waals surface area (Å²) in [5, 5.41) is 5.14. The van der Waals surface area contributed by atoms with Crippen LogP contribution in [0.25, 0.3) is 17.2 Å². The first-order chi connectivity index (χ1) is 15.2. The van der Waals surface area contributed by atoms with E-state index in [1.165, 1.54) is 11.0 Å². The third-order valence-electron chi connectivity index (χ3n) is 5.21. The van der Waals surface area contributed by atoms with Crippen LogP contribution in [-0.4, -0.2) is 39.9 Å². The van der Waals surface area contributed by atoms with Gasteiger partial charge < -0.3 is 4.90 Å². The average Bonchev–Trinajstić information content (AvgIpc) is 3.36. The second kappa shape index (κ2) is 8.46. The molecular weight excluding hydrogens is 421 g/mol. The number of benzene rings is 1. The molecule has 0 spiro atoms. The minimum Gasteiger partial charge on any atom is -0.362 e. The molecule has 0 atom stereocenters. The van der Waals surface area contributed by atoms with Crippen molar-refractivity contribution in [2.75, 3.05) is 23.0 Å². The molecule has 0 bridgehead atoms. The third-order valence-corrected chi connectivity index (χ3v) is 5.21. The topological polar surface area (TPSA) is 80.3 Å². The van der Waals surface area contributed by atoms with Crippen LogP contribution in [0.3, 0.4) is 0 Å². The molecule has 1 aliphatic rings. The summed E-state index contributed by atoms with van der Waals surface area (Å²) >= 11 is 0. The summed E-state index contributed by atoms with van der Waals surface area (Å²) in [7, 11) is 1.81. The summed E-state index contributed by atoms with van der Waals surface area (Å²) < 4.78 is 39.9. The van der Waals surface area contributed by atoms with Gasteiger partial charge in [-0.15, -0.1) is 0 Å². The molecule has 1 aromatic carbocycles. The first-order valence-corrected chi connectivity index (χ1v) is 9.86. The van der Waals surface area contributed by atoms with Crippen LogP contribution < -0.4 is 15.8 Å². The minimum absolute atomic E-state index is 0.273. The summed E-state index contributed by atoms with van der Waals surface area (Å²) in [6.07, 6.45) is 6.01. The van der Waals surface area contributed by atoms with E-state index in [4.69, 9.17) is 5.84 Å². The van der Waals surface area contributed by atoms with E-state index in [0.29, 0.717) is 17.8 Å². The Labute approximate surface area is 182 Å². The Morgan fingerprint density at radius 3 is 2.81 bits per heavy atom. The summed E-state index contributed by atoms with van der Waals surface area (Å²) in [5.74, 6) is 5.52. The molecule has 0 saturated heterocycles. The lowest BCUT2D eigenvalue weighted by Gasteiger charge is -2.22. The van der Waals surface area contributed by atoms with Crippen molar-refractivity contribution < 1.29 is 18.0 Å². The maximum Gasteiger partial charge on any atom is 0.405 e. The van der Waals surface area contributed by atoms with Crippen molar-refractivity contribution in [1.29, 1.82) is 0 Å². The Balaban J connectivity index is 1.50. The van der Waals surface area contributed by atoms with Gasteiger partial charge in [0.25, 0.3) is 5.91 Å². The summed E-state index contributed by atoms with van der Waals surface area (Å²) in [6.45, 7) is -0.730. The number of alkyl halides is 3. The Kier molecular flexibility index (Phi) is 5.70. The number of fused-ring (bicyclic) bond motifs is 1. The summed E-state index contributed by atoms with van der Waals surface area (Å²) in [5.41, 5.74) is 4.12. The van der Waals surface area contributed by atoms with Crippen molar-refractivity contribution in [3.05, 3.63) is 66.3 Å². The van der Waals surface area contributed by atoms with Crippen molar-refractivity contribution in [2.24, 2.45) is 12.9 Å². The number of aryl methyl sites for hydroxylation is 1. The first-order valence-electron chi connectivity index (χ1n) is 9.86. The van der Waals surface area contributed by atoms with Gasteiger partial charge in [0.1, 0.15) is 6.54 Å². The number of hydrazine groups is 1. The summed E-state index contributed by atoms with van der Waals surface area (Å²) in [6, 6.07) is 6.60. The molecule has 0 fully saturated rings. The van der Waals surface area contributed by atoms with Crippen LogP contribution >= 0.6 is 0 Å². The van der Waals surface area contributed by atoms with Gasteiger partial charge in [-0.2, -0.15) is 18.3 Å². The van der Waals surface area contributed by atoms with Crippen molar-refractivity contribution in [2.45, 2.75) is 12.6 Å². The SMILES string of the molecule is Cn1cc(-c2ccncc2/C=C/C(=O)N(N)c2ccc3c(c2)CCN3CC(F)(F)F)cn1. The smallest absolute Gasteiger partial charge is 0.362 e. The fraction of sp³-hybridized carbons (Fsp3) is 0.227. The van der Waals surface area contributed by atoms with Crippen molar-refractivity contribution in [3.63, 3.8) is 0 Å². The number of carbonyl (C=O) groups is 1. The molecule has 2 N–H and O–H groups in total. The molecule has 166 valence electrons. The molecular formula is C22H21F3N6O. The zero-order chi connectivity index (χ0) is 22.9. The zero-order valence-corrected chi connectivity index (χ0v) is 17.3. The number of nitrogens with zero attached hydrogens (tertiary/aromatic N) is 5. The summed E-state index contributed by atoms with van der Waals surface area (Å²) in [4.78, 5) is 18.0. The van der Waals surface area contributed by atoms with Gasteiger partial charge in [0.2, 0.25) is 0 Å². The first kappa shape index (κ1) is 21.6. The van der Waals surface area contributed by atoms with E-state index in [2.05, 4.69) is 10.1 Å². The number of anilines is 2. The highest BCUT2D eigenvalue weighted by molar-refractivity contribution is 6.03.